The lowest BCUT2D eigenvalue weighted by Gasteiger charge is -2.08. The van der Waals surface area contributed by atoms with Gasteiger partial charge in [-0.15, -0.1) is 11.8 Å². The average Bonchev–Trinajstić information content (AvgIpc) is 2.82. The number of nitrogen functional groups attached to an aromatic ring is 1. The van der Waals surface area contributed by atoms with Crippen molar-refractivity contribution >= 4 is 23.3 Å². The number of hydrogen-bond acceptors (Lipinski definition) is 6. The van der Waals surface area contributed by atoms with Crippen molar-refractivity contribution < 1.29 is 9.66 Å². The molecule has 0 amide bonds. The summed E-state index contributed by atoms with van der Waals surface area (Å²) in [6.07, 6.45) is 1.28. The highest BCUT2D eigenvalue weighted by Crippen LogP contribution is 2.29. The van der Waals surface area contributed by atoms with Gasteiger partial charge in [0.1, 0.15) is 18.5 Å². The fourth-order valence-corrected chi connectivity index (χ4v) is 2.82. The number of aryl methyl sites for hydroxylation is 1. The quantitative estimate of drug-likeness (QED) is 0.381. The molecule has 112 valence electrons. The van der Waals surface area contributed by atoms with Crippen LogP contribution >= 0.6 is 11.8 Å². The maximum atomic E-state index is 10.9. The largest absolute Gasteiger partial charge is 0.497 e. The fraction of sp³-hybridized carbons (Fsp3) is 0.308. The third-order valence-corrected chi connectivity index (χ3v) is 4.07. The number of thioether (sulfide) groups is 1. The Kier molecular flexibility index (Phi) is 4.69. The molecule has 0 saturated heterocycles. The van der Waals surface area contributed by atoms with Crippen molar-refractivity contribution in [3.8, 4) is 5.75 Å². The molecule has 0 aliphatic rings. The lowest BCUT2D eigenvalue weighted by Crippen LogP contribution is -2.07. The Morgan fingerprint density at radius 3 is 2.95 bits per heavy atom. The number of methoxy groups -OCH3 is 1. The van der Waals surface area contributed by atoms with E-state index in [-0.39, 0.29) is 5.82 Å². The number of rotatable bonds is 6. The molecule has 0 radical (unpaired) electrons. The highest BCUT2D eigenvalue weighted by atomic mass is 32.2. The van der Waals surface area contributed by atoms with Crippen molar-refractivity contribution in [3.63, 3.8) is 0 Å². The Hall–Kier alpha value is -2.22. The van der Waals surface area contributed by atoms with E-state index in [9.17, 15) is 10.1 Å². The predicted molar refractivity (Wildman–Crippen MR) is 81.7 cm³/mol. The summed E-state index contributed by atoms with van der Waals surface area (Å²) < 4.78 is 6.75. The topological polar surface area (TPSA) is 96.2 Å². The monoisotopic (exact) mass is 308 g/mol. The summed E-state index contributed by atoms with van der Waals surface area (Å²) in [5, 5.41) is 10.9. The molecule has 0 unspecified atom stereocenters. The Labute approximate surface area is 126 Å². The van der Waals surface area contributed by atoms with Gasteiger partial charge >= 0.3 is 5.82 Å². The van der Waals surface area contributed by atoms with Gasteiger partial charge in [0, 0.05) is 23.3 Å². The second kappa shape index (κ2) is 6.49. The van der Waals surface area contributed by atoms with Crippen molar-refractivity contribution in [1.82, 2.24) is 9.55 Å². The minimum absolute atomic E-state index is 0.00622. The first-order chi connectivity index (χ1) is 10.0. The summed E-state index contributed by atoms with van der Waals surface area (Å²) >= 11 is 1.53. The van der Waals surface area contributed by atoms with Gasteiger partial charge in [-0.1, -0.05) is 0 Å². The zero-order valence-electron chi connectivity index (χ0n) is 11.8. The SMILES string of the molecule is COc1ccc(N)c(SCCn2c([N+](=O)[O-])cnc2C)c1. The normalized spacial score (nSPS) is 10.6. The number of ether oxygens (including phenoxy) is 1. The lowest BCUT2D eigenvalue weighted by molar-refractivity contribution is -0.392. The summed E-state index contributed by atoms with van der Waals surface area (Å²) in [7, 11) is 1.60. The summed E-state index contributed by atoms with van der Waals surface area (Å²) in [6.45, 7) is 2.24. The fourth-order valence-electron chi connectivity index (χ4n) is 1.89. The van der Waals surface area contributed by atoms with Crippen molar-refractivity contribution in [3.05, 3.63) is 40.3 Å². The first-order valence-corrected chi connectivity index (χ1v) is 7.24. The molecule has 8 heteroatoms. The van der Waals surface area contributed by atoms with E-state index < -0.39 is 4.92 Å². The Balaban J connectivity index is 2.05. The summed E-state index contributed by atoms with van der Waals surface area (Å²) in [5.41, 5.74) is 6.57. The highest BCUT2D eigenvalue weighted by molar-refractivity contribution is 7.99. The van der Waals surface area contributed by atoms with Crippen LogP contribution in [0.25, 0.3) is 0 Å². The van der Waals surface area contributed by atoms with Gasteiger partial charge < -0.3 is 20.6 Å². The molecule has 7 nitrogen and oxygen atoms in total. The van der Waals surface area contributed by atoms with E-state index in [1.54, 1.807) is 30.7 Å². The Morgan fingerprint density at radius 1 is 1.52 bits per heavy atom. The minimum atomic E-state index is -0.426. The molecular formula is C13H16N4O3S. The van der Waals surface area contributed by atoms with Gasteiger partial charge in [-0.3, -0.25) is 0 Å². The number of nitrogens with zero attached hydrogens (tertiary/aromatic N) is 3. The van der Waals surface area contributed by atoms with E-state index in [0.29, 0.717) is 23.8 Å². The van der Waals surface area contributed by atoms with Crippen LogP contribution in [0.5, 0.6) is 5.75 Å². The van der Waals surface area contributed by atoms with Crippen molar-refractivity contribution in [1.29, 1.82) is 0 Å². The standard InChI is InChI=1S/C13H16N4O3S/c1-9-15-8-13(17(18)19)16(9)5-6-21-12-7-10(20-2)3-4-11(12)14/h3-4,7-8H,5-6,14H2,1-2H3. The smallest absolute Gasteiger partial charge is 0.342 e. The maximum Gasteiger partial charge on any atom is 0.342 e. The van der Waals surface area contributed by atoms with E-state index in [1.807, 2.05) is 6.07 Å². The van der Waals surface area contributed by atoms with E-state index in [4.69, 9.17) is 10.5 Å². The maximum absolute atomic E-state index is 10.9. The van der Waals surface area contributed by atoms with Crippen LogP contribution < -0.4 is 10.5 Å². The Bertz CT molecular complexity index is 657. The molecule has 0 fully saturated rings. The summed E-state index contributed by atoms with van der Waals surface area (Å²) in [5.74, 6) is 2.01. The van der Waals surface area contributed by atoms with Crippen LogP contribution in [-0.2, 0) is 6.54 Å². The molecular weight excluding hydrogens is 292 g/mol. The molecule has 0 saturated carbocycles. The van der Waals surface area contributed by atoms with Gasteiger partial charge in [-0.25, -0.2) is 9.55 Å². The molecule has 2 N–H and O–H groups in total. The van der Waals surface area contributed by atoms with Gasteiger partial charge in [0.2, 0.25) is 0 Å². The second-order valence-electron chi connectivity index (χ2n) is 4.32. The van der Waals surface area contributed by atoms with Crippen LogP contribution in [0.1, 0.15) is 5.82 Å². The zero-order valence-corrected chi connectivity index (χ0v) is 12.6. The van der Waals surface area contributed by atoms with Crippen molar-refractivity contribution in [2.24, 2.45) is 0 Å². The van der Waals surface area contributed by atoms with Gasteiger partial charge in [-0.05, 0) is 23.1 Å². The predicted octanol–water partition coefficient (Wildman–Crippen LogP) is 2.48. The van der Waals surface area contributed by atoms with Gasteiger partial charge in [0.15, 0.2) is 5.82 Å². The minimum Gasteiger partial charge on any atom is -0.497 e. The second-order valence-corrected chi connectivity index (χ2v) is 5.46. The summed E-state index contributed by atoms with van der Waals surface area (Å²) in [6, 6.07) is 5.44. The molecule has 0 bridgehead atoms. The van der Waals surface area contributed by atoms with Crippen LogP contribution in [0.2, 0.25) is 0 Å². The van der Waals surface area contributed by atoms with Crippen LogP contribution in [0.3, 0.4) is 0 Å². The van der Waals surface area contributed by atoms with Gasteiger partial charge in [0.05, 0.1) is 7.11 Å². The first-order valence-electron chi connectivity index (χ1n) is 6.25. The van der Waals surface area contributed by atoms with Crippen LogP contribution in [0, 0.1) is 17.0 Å². The third-order valence-electron chi connectivity index (χ3n) is 3.01. The molecule has 21 heavy (non-hydrogen) atoms. The van der Waals surface area contributed by atoms with Gasteiger partial charge in [0.25, 0.3) is 0 Å². The highest BCUT2D eigenvalue weighted by Gasteiger charge is 2.17. The van der Waals surface area contributed by atoms with Gasteiger partial charge in [-0.2, -0.15) is 0 Å². The number of nitro groups is 1. The zero-order chi connectivity index (χ0) is 15.4. The molecule has 0 aliphatic heterocycles. The van der Waals surface area contributed by atoms with Crippen LogP contribution in [-0.4, -0.2) is 27.3 Å². The molecule has 0 aliphatic carbocycles. The van der Waals surface area contributed by atoms with E-state index >= 15 is 0 Å². The third kappa shape index (κ3) is 3.46. The van der Waals surface area contributed by atoms with E-state index in [2.05, 4.69) is 4.98 Å². The molecule has 2 aromatic rings. The first kappa shape index (κ1) is 15.2. The number of anilines is 1. The van der Waals surface area contributed by atoms with Crippen molar-refractivity contribution in [2.45, 2.75) is 18.4 Å². The molecule has 1 aromatic carbocycles. The Morgan fingerprint density at radius 2 is 2.29 bits per heavy atom. The lowest BCUT2D eigenvalue weighted by atomic mass is 10.3. The molecule has 0 spiro atoms. The number of imidazole rings is 1. The molecule has 0 atom stereocenters. The van der Waals surface area contributed by atoms with E-state index in [0.717, 1.165) is 10.6 Å². The van der Waals surface area contributed by atoms with Crippen LogP contribution in [0.15, 0.2) is 29.3 Å². The number of hydrogen-bond donors (Lipinski definition) is 1. The molecule has 2 rings (SSSR count). The number of aromatic nitrogens is 2. The molecule has 1 heterocycles. The number of nitrogens with two attached hydrogens (primary N) is 1. The van der Waals surface area contributed by atoms with Crippen LogP contribution in [0.4, 0.5) is 11.5 Å². The average molecular weight is 308 g/mol. The van der Waals surface area contributed by atoms with E-state index in [1.165, 1.54) is 18.0 Å². The van der Waals surface area contributed by atoms with Crippen molar-refractivity contribution in [2.75, 3.05) is 18.6 Å². The molecule has 1 aromatic heterocycles. The number of benzene rings is 1. The summed E-state index contributed by atoms with van der Waals surface area (Å²) in [4.78, 5) is 15.4.